The second kappa shape index (κ2) is 13.4. The van der Waals surface area contributed by atoms with Gasteiger partial charge >= 0.3 is 0 Å². The number of amides is 1. The summed E-state index contributed by atoms with van der Waals surface area (Å²) in [6, 6.07) is 20.3. The molecule has 0 spiro atoms. The Balaban J connectivity index is 1.45. The molecule has 1 saturated heterocycles. The monoisotopic (exact) mass is 542 g/mol. The normalized spacial score (nSPS) is 14.7. The Kier molecular flexibility index (Phi) is 9.26. The number of carbonyl (C=O) groups excluding carboxylic acids is 1. The molecule has 1 fully saturated rings. The molecule has 0 saturated carbocycles. The summed E-state index contributed by atoms with van der Waals surface area (Å²) in [6.45, 7) is 4.51. The van der Waals surface area contributed by atoms with Crippen LogP contribution in [0.1, 0.15) is 43.5 Å². The van der Waals surface area contributed by atoms with Crippen LogP contribution in [0.25, 0.3) is 22.4 Å². The number of hydrogen-bond acceptors (Lipinski definition) is 7. The number of fused-ring (bicyclic) bond motifs is 1. The molecule has 1 amide bonds. The highest BCUT2D eigenvalue weighted by Gasteiger charge is 2.23. The Hall–Kier alpha value is -3.95. The van der Waals surface area contributed by atoms with Gasteiger partial charge in [-0.25, -0.2) is 9.97 Å². The lowest BCUT2D eigenvalue weighted by molar-refractivity contribution is -0.118. The van der Waals surface area contributed by atoms with Gasteiger partial charge in [0.25, 0.3) is 0 Å². The maximum atomic E-state index is 11.4. The third-order valence-electron chi connectivity index (χ3n) is 7.18. The van der Waals surface area contributed by atoms with Crippen molar-refractivity contribution in [1.29, 1.82) is 0 Å². The van der Waals surface area contributed by atoms with Crippen LogP contribution in [0.15, 0.2) is 60.7 Å². The average molecular weight is 543 g/mol. The number of ether oxygens (including phenoxy) is 2. The molecule has 2 aromatic heterocycles. The highest BCUT2D eigenvalue weighted by atomic mass is 16.5. The fraction of sp³-hybridized carbons (Fsp3) is 0.387. The number of methoxy groups -OCH3 is 1. The maximum absolute atomic E-state index is 11.4. The lowest BCUT2D eigenvalue weighted by Gasteiger charge is -2.28. The molecule has 4 N–H and O–H groups in total. The first-order valence-corrected chi connectivity index (χ1v) is 14.0. The van der Waals surface area contributed by atoms with E-state index in [4.69, 9.17) is 19.4 Å². The molecule has 1 atom stereocenters. The van der Waals surface area contributed by atoms with Crippen molar-refractivity contribution in [3.8, 4) is 17.1 Å². The van der Waals surface area contributed by atoms with Gasteiger partial charge in [0.15, 0.2) is 5.82 Å². The highest BCUT2D eigenvalue weighted by molar-refractivity contribution is 5.89. The minimum absolute atomic E-state index is 0.0571. The van der Waals surface area contributed by atoms with Crippen molar-refractivity contribution in [3.63, 3.8) is 0 Å². The summed E-state index contributed by atoms with van der Waals surface area (Å²) in [4.78, 5) is 24.7. The first-order valence-electron chi connectivity index (χ1n) is 14.0. The van der Waals surface area contributed by atoms with E-state index in [1.165, 1.54) is 12.5 Å². The molecule has 5 rings (SSSR count). The molecule has 1 aliphatic rings. The standard InChI is InChI=1S/C31H38N6O3/c1-21(38)33-18-19-34-30-26-20-27(35-31(26)37-29(36-30)23-6-4-3-5-7-23)28(40-25-14-16-32-17-15-25)13-10-22-8-11-24(39-2)12-9-22/h3-9,11-12,20,25,28,32H,10,13-19H2,1-2H3,(H,33,38)(H2,34,35,36,37). The minimum Gasteiger partial charge on any atom is -0.497 e. The van der Waals surface area contributed by atoms with Crippen molar-refractivity contribution in [2.24, 2.45) is 0 Å². The van der Waals surface area contributed by atoms with Crippen LogP contribution < -0.4 is 20.7 Å². The van der Waals surface area contributed by atoms with Gasteiger partial charge in [-0.3, -0.25) is 4.79 Å². The Labute approximate surface area is 235 Å². The quantitative estimate of drug-likeness (QED) is 0.193. The zero-order valence-corrected chi connectivity index (χ0v) is 23.2. The first-order chi connectivity index (χ1) is 19.6. The Morgan fingerprint density at radius 2 is 1.82 bits per heavy atom. The predicted molar refractivity (Wildman–Crippen MR) is 158 cm³/mol. The van der Waals surface area contributed by atoms with Gasteiger partial charge in [-0.1, -0.05) is 42.5 Å². The Morgan fingerprint density at radius 3 is 2.55 bits per heavy atom. The number of benzene rings is 2. The molecular formula is C31H38N6O3. The third kappa shape index (κ3) is 7.16. The number of aryl methyl sites for hydroxylation is 1. The zero-order chi connectivity index (χ0) is 27.7. The lowest BCUT2D eigenvalue weighted by atomic mass is 10.0. The number of aromatic amines is 1. The van der Waals surface area contributed by atoms with E-state index in [-0.39, 0.29) is 18.1 Å². The molecule has 9 nitrogen and oxygen atoms in total. The SMILES string of the molecule is COc1ccc(CCC(OC2CCNCC2)c2cc3c(NCCNC(C)=O)nc(-c4ccccc4)nc3[nH]2)cc1. The summed E-state index contributed by atoms with van der Waals surface area (Å²) in [5, 5.41) is 10.6. The molecule has 1 aliphatic heterocycles. The number of anilines is 1. The van der Waals surface area contributed by atoms with E-state index in [1.807, 2.05) is 42.5 Å². The third-order valence-corrected chi connectivity index (χ3v) is 7.18. The molecule has 0 bridgehead atoms. The summed E-state index contributed by atoms with van der Waals surface area (Å²) in [5.41, 5.74) is 3.93. The van der Waals surface area contributed by atoms with Crippen LogP contribution in [-0.4, -0.2) is 60.3 Å². The van der Waals surface area contributed by atoms with Crippen molar-refractivity contribution in [1.82, 2.24) is 25.6 Å². The molecule has 210 valence electrons. The van der Waals surface area contributed by atoms with Crippen molar-refractivity contribution in [3.05, 3.63) is 71.9 Å². The maximum Gasteiger partial charge on any atom is 0.216 e. The molecule has 9 heteroatoms. The van der Waals surface area contributed by atoms with Crippen LogP contribution in [0.2, 0.25) is 0 Å². The van der Waals surface area contributed by atoms with E-state index in [9.17, 15) is 4.79 Å². The van der Waals surface area contributed by atoms with Crippen LogP contribution in [0, 0.1) is 0 Å². The number of carbonyl (C=O) groups is 1. The topological polar surface area (TPSA) is 113 Å². The molecule has 3 heterocycles. The van der Waals surface area contributed by atoms with E-state index >= 15 is 0 Å². The molecule has 4 aromatic rings. The van der Waals surface area contributed by atoms with Crippen molar-refractivity contribution in [2.45, 2.75) is 44.8 Å². The van der Waals surface area contributed by atoms with Gasteiger partial charge in [0.1, 0.15) is 17.2 Å². The van der Waals surface area contributed by atoms with Crippen molar-refractivity contribution < 1.29 is 14.3 Å². The number of H-pyrrole nitrogens is 1. The van der Waals surface area contributed by atoms with Gasteiger partial charge < -0.3 is 30.4 Å². The van der Waals surface area contributed by atoms with Crippen molar-refractivity contribution in [2.75, 3.05) is 38.6 Å². The molecule has 2 aromatic carbocycles. The summed E-state index contributed by atoms with van der Waals surface area (Å²) in [6.07, 6.45) is 3.77. The molecule has 0 aliphatic carbocycles. The van der Waals surface area contributed by atoms with Gasteiger partial charge in [0.05, 0.1) is 24.7 Å². The number of nitrogens with one attached hydrogen (secondary N) is 4. The van der Waals surface area contributed by atoms with E-state index in [0.29, 0.717) is 18.9 Å². The average Bonchev–Trinajstić information content (AvgIpc) is 3.43. The van der Waals surface area contributed by atoms with Crippen LogP contribution in [0.5, 0.6) is 5.75 Å². The van der Waals surface area contributed by atoms with Crippen LogP contribution >= 0.6 is 0 Å². The van der Waals surface area contributed by atoms with E-state index in [0.717, 1.165) is 72.6 Å². The lowest BCUT2D eigenvalue weighted by Crippen LogP contribution is -2.33. The van der Waals surface area contributed by atoms with Crippen LogP contribution in [0.4, 0.5) is 5.82 Å². The van der Waals surface area contributed by atoms with Gasteiger partial charge in [-0.2, -0.15) is 0 Å². The minimum atomic E-state index is -0.119. The fourth-order valence-corrected chi connectivity index (χ4v) is 5.02. The van der Waals surface area contributed by atoms with Gasteiger partial charge in [-0.05, 0) is 62.5 Å². The predicted octanol–water partition coefficient (Wildman–Crippen LogP) is 4.62. The number of hydrogen-bond donors (Lipinski definition) is 4. The number of nitrogens with zero attached hydrogens (tertiary/aromatic N) is 2. The summed E-state index contributed by atoms with van der Waals surface area (Å²) < 4.78 is 12.1. The molecule has 1 unspecified atom stereocenters. The summed E-state index contributed by atoms with van der Waals surface area (Å²) in [5.74, 6) is 2.16. The summed E-state index contributed by atoms with van der Waals surface area (Å²) >= 11 is 0. The largest absolute Gasteiger partial charge is 0.497 e. The Bertz CT molecular complexity index is 1380. The summed E-state index contributed by atoms with van der Waals surface area (Å²) in [7, 11) is 1.68. The van der Waals surface area contributed by atoms with Gasteiger partial charge in [-0.15, -0.1) is 0 Å². The molecule has 0 radical (unpaired) electrons. The number of rotatable bonds is 12. The van der Waals surface area contributed by atoms with E-state index in [2.05, 4.69) is 39.1 Å². The number of piperidine rings is 1. The van der Waals surface area contributed by atoms with Crippen LogP contribution in [0.3, 0.4) is 0 Å². The van der Waals surface area contributed by atoms with Gasteiger partial charge in [0.2, 0.25) is 5.91 Å². The highest BCUT2D eigenvalue weighted by Crippen LogP contribution is 2.32. The zero-order valence-electron chi connectivity index (χ0n) is 23.2. The van der Waals surface area contributed by atoms with E-state index < -0.39 is 0 Å². The van der Waals surface area contributed by atoms with Crippen molar-refractivity contribution >= 4 is 22.8 Å². The van der Waals surface area contributed by atoms with Crippen LogP contribution in [-0.2, 0) is 16.0 Å². The smallest absolute Gasteiger partial charge is 0.216 e. The molecule has 40 heavy (non-hydrogen) atoms. The second-order valence-electron chi connectivity index (χ2n) is 10.1. The fourth-order valence-electron chi connectivity index (χ4n) is 5.02. The first kappa shape index (κ1) is 27.6. The second-order valence-corrected chi connectivity index (χ2v) is 10.1. The van der Waals surface area contributed by atoms with Gasteiger partial charge in [0, 0.05) is 31.3 Å². The van der Waals surface area contributed by atoms with E-state index in [1.54, 1.807) is 7.11 Å². The Morgan fingerprint density at radius 1 is 1.05 bits per heavy atom. The molecular weight excluding hydrogens is 504 g/mol. The number of aromatic nitrogens is 3.